The SMILES string of the molecule is O=S(=O)(Nc1ccc(I)c2ccccc12)c1cccs1. The van der Waals surface area contributed by atoms with Crippen molar-refractivity contribution >= 4 is 60.4 Å². The van der Waals surface area contributed by atoms with E-state index in [9.17, 15) is 8.42 Å². The quantitative estimate of drug-likeness (QED) is 0.649. The predicted octanol–water partition coefficient (Wildman–Crippen LogP) is 4.31. The average molecular weight is 415 g/mol. The van der Waals surface area contributed by atoms with Crippen LogP contribution >= 0.6 is 33.9 Å². The van der Waals surface area contributed by atoms with E-state index in [0.717, 1.165) is 14.3 Å². The van der Waals surface area contributed by atoms with Gasteiger partial charge >= 0.3 is 0 Å². The number of hydrogen-bond acceptors (Lipinski definition) is 3. The molecule has 0 amide bonds. The normalized spacial score (nSPS) is 11.7. The Morgan fingerprint density at radius 1 is 0.950 bits per heavy atom. The molecule has 3 nitrogen and oxygen atoms in total. The Hall–Kier alpha value is -1.12. The standard InChI is InChI=1S/C14H10INO2S2/c15-12-7-8-13(11-5-2-1-4-10(11)12)16-20(17,18)14-6-3-9-19-14/h1-9,16H. The third-order valence-electron chi connectivity index (χ3n) is 2.88. The number of thiophene rings is 1. The molecule has 0 atom stereocenters. The molecule has 0 saturated heterocycles. The van der Waals surface area contributed by atoms with Crippen molar-refractivity contribution in [3.63, 3.8) is 0 Å². The minimum Gasteiger partial charge on any atom is -0.278 e. The van der Waals surface area contributed by atoms with Crippen LogP contribution < -0.4 is 4.72 Å². The van der Waals surface area contributed by atoms with Gasteiger partial charge in [0.1, 0.15) is 4.21 Å². The van der Waals surface area contributed by atoms with Gasteiger partial charge < -0.3 is 0 Å². The summed E-state index contributed by atoms with van der Waals surface area (Å²) < 4.78 is 28.7. The first kappa shape index (κ1) is 13.8. The van der Waals surface area contributed by atoms with Gasteiger partial charge in [0.25, 0.3) is 10.0 Å². The topological polar surface area (TPSA) is 46.2 Å². The third-order valence-corrected chi connectivity index (χ3v) is 6.58. The van der Waals surface area contributed by atoms with Crippen LogP contribution in [0.1, 0.15) is 0 Å². The van der Waals surface area contributed by atoms with Crippen LogP contribution in [0.3, 0.4) is 0 Å². The largest absolute Gasteiger partial charge is 0.278 e. The third kappa shape index (κ3) is 2.55. The van der Waals surface area contributed by atoms with Crippen LogP contribution in [0.25, 0.3) is 10.8 Å². The van der Waals surface area contributed by atoms with Gasteiger partial charge in [0.05, 0.1) is 5.69 Å². The van der Waals surface area contributed by atoms with Crippen molar-refractivity contribution in [2.75, 3.05) is 4.72 Å². The van der Waals surface area contributed by atoms with E-state index in [1.54, 1.807) is 23.6 Å². The number of hydrogen-bond donors (Lipinski definition) is 1. The van der Waals surface area contributed by atoms with Crippen LogP contribution in [0.4, 0.5) is 5.69 Å². The summed E-state index contributed by atoms with van der Waals surface area (Å²) in [5, 5.41) is 3.69. The van der Waals surface area contributed by atoms with E-state index in [4.69, 9.17) is 0 Å². The molecule has 102 valence electrons. The summed E-state index contributed by atoms with van der Waals surface area (Å²) in [6, 6.07) is 14.8. The van der Waals surface area contributed by atoms with Gasteiger partial charge in [0.2, 0.25) is 0 Å². The van der Waals surface area contributed by atoms with E-state index in [1.807, 2.05) is 30.3 Å². The number of anilines is 1. The van der Waals surface area contributed by atoms with Crippen LogP contribution in [0, 0.1) is 3.57 Å². The summed E-state index contributed by atoms with van der Waals surface area (Å²) in [5.74, 6) is 0. The van der Waals surface area contributed by atoms with Crippen molar-refractivity contribution in [3.05, 3.63) is 57.5 Å². The van der Waals surface area contributed by atoms with Crippen LogP contribution in [0.5, 0.6) is 0 Å². The minimum absolute atomic E-state index is 0.320. The summed E-state index contributed by atoms with van der Waals surface area (Å²) in [7, 11) is -3.51. The Bertz CT molecular complexity index is 858. The number of sulfonamides is 1. The molecule has 20 heavy (non-hydrogen) atoms. The van der Waals surface area contributed by atoms with Crippen molar-refractivity contribution in [3.8, 4) is 0 Å². The fraction of sp³-hybridized carbons (Fsp3) is 0. The lowest BCUT2D eigenvalue weighted by Gasteiger charge is -2.10. The number of rotatable bonds is 3. The molecule has 0 bridgehead atoms. The molecule has 0 unspecified atom stereocenters. The summed E-state index contributed by atoms with van der Waals surface area (Å²) in [6.45, 7) is 0. The van der Waals surface area contributed by atoms with Crippen LogP contribution in [-0.2, 0) is 10.0 Å². The predicted molar refractivity (Wildman–Crippen MR) is 91.8 cm³/mol. The van der Waals surface area contributed by atoms with Crippen LogP contribution in [0.15, 0.2) is 58.1 Å². The first-order valence-corrected chi connectivity index (χ1v) is 9.26. The zero-order valence-electron chi connectivity index (χ0n) is 10.2. The highest BCUT2D eigenvalue weighted by molar-refractivity contribution is 14.1. The van der Waals surface area contributed by atoms with Crippen LogP contribution in [-0.4, -0.2) is 8.42 Å². The summed E-state index contributed by atoms with van der Waals surface area (Å²) in [4.78, 5) is 0. The molecule has 3 rings (SSSR count). The monoisotopic (exact) mass is 415 g/mol. The van der Waals surface area contributed by atoms with Gasteiger partial charge in [-0.3, -0.25) is 4.72 Å². The second-order valence-corrected chi connectivity index (χ2v) is 8.20. The molecule has 1 N–H and O–H groups in total. The van der Waals surface area contributed by atoms with E-state index in [1.165, 1.54) is 11.3 Å². The highest BCUT2D eigenvalue weighted by atomic mass is 127. The van der Waals surface area contributed by atoms with Gasteiger partial charge in [0.15, 0.2) is 0 Å². The number of fused-ring (bicyclic) bond motifs is 1. The maximum absolute atomic E-state index is 12.3. The molecule has 6 heteroatoms. The smallest absolute Gasteiger partial charge is 0.271 e. The van der Waals surface area contributed by atoms with Gasteiger partial charge in [-0.15, -0.1) is 11.3 Å². The van der Waals surface area contributed by atoms with Crippen molar-refractivity contribution < 1.29 is 8.42 Å². The molecule has 0 spiro atoms. The van der Waals surface area contributed by atoms with E-state index >= 15 is 0 Å². The highest BCUT2D eigenvalue weighted by Gasteiger charge is 2.16. The Balaban J connectivity index is 2.11. The Kier molecular flexibility index (Phi) is 3.70. The maximum Gasteiger partial charge on any atom is 0.271 e. The van der Waals surface area contributed by atoms with Crippen LogP contribution in [0.2, 0.25) is 0 Å². The first-order chi connectivity index (χ1) is 9.58. The zero-order chi connectivity index (χ0) is 14.2. The maximum atomic E-state index is 12.3. The van der Waals surface area contributed by atoms with E-state index < -0.39 is 10.0 Å². The molecule has 2 aromatic carbocycles. The summed E-state index contributed by atoms with van der Waals surface area (Å²) in [6.07, 6.45) is 0. The van der Waals surface area contributed by atoms with Gasteiger partial charge in [-0.1, -0.05) is 30.3 Å². The lowest BCUT2D eigenvalue weighted by atomic mass is 10.1. The van der Waals surface area contributed by atoms with Gasteiger partial charge in [-0.2, -0.15) is 0 Å². The molecule has 0 saturated carbocycles. The Morgan fingerprint density at radius 3 is 2.40 bits per heavy atom. The van der Waals surface area contributed by atoms with Crippen molar-refractivity contribution in [2.45, 2.75) is 4.21 Å². The molecule has 0 fully saturated rings. The minimum atomic E-state index is -3.51. The number of nitrogens with one attached hydrogen (secondary N) is 1. The number of halogens is 1. The van der Waals surface area contributed by atoms with Gasteiger partial charge in [-0.05, 0) is 51.6 Å². The van der Waals surface area contributed by atoms with E-state index in [0.29, 0.717) is 9.90 Å². The van der Waals surface area contributed by atoms with E-state index in [2.05, 4.69) is 27.3 Å². The molecule has 1 heterocycles. The fourth-order valence-corrected chi connectivity index (χ4v) is 4.69. The zero-order valence-corrected chi connectivity index (χ0v) is 14.0. The number of benzene rings is 2. The fourth-order valence-electron chi connectivity index (χ4n) is 1.96. The van der Waals surface area contributed by atoms with Crippen molar-refractivity contribution in [1.82, 2.24) is 0 Å². The first-order valence-electron chi connectivity index (χ1n) is 5.81. The summed E-state index contributed by atoms with van der Waals surface area (Å²) >= 11 is 3.45. The molecule has 0 aliphatic heterocycles. The second kappa shape index (κ2) is 5.34. The van der Waals surface area contributed by atoms with E-state index in [-0.39, 0.29) is 0 Å². The summed E-state index contributed by atoms with van der Waals surface area (Å²) in [5.41, 5.74) is 0.606. The highest BCUT2D eigenvalue weighted by Crippen LogP contribution is 2.29. The molecule has 0 aliphatic rings. The Morgan fingerprint density at radius 2 is 1.70 bits per heavy atom. The average Bonchev–Trinajstić information content (AvgIpc) is 2.97. The van der Waals surface area contributed by atoms with Crippen molar-refractivity contribution in [1.29, 1.82) is 0 Å². The Labute approximate surface area is 134 Å². The molecule has 0 radical (unpaired) electrons. The molecule has 1 aromatic heterocycles. The lowest BCUT2D eigenvalue weighted by molar-refractivity contribution is 0.603. The van der Waals surface area contributed by atoms with Crippen molar-refractivity contribution in [2.24, 2.45) is 0 Å². The molecule has 3 aromatic rings. The molecular weight excluding hydrogens is 405 g/mol. The second-order valence-electron chi connectivity index (χ2n) is 4.18. The molecule has 0 aliphatic carbocycles. The van der Waals surface area contributed by atoms with Gasteiger partial charge in [-0.25, -0.2) is 8.42 Å². The molecular formula is C14H10INO2S2. The lowest BCUT2D eigenvalue weighted by Crippen LogP contribution is -2.11. The van der Waals surface area contributed by atoms with Gasteiger partial charge in [0, 0.05) is 8.96 Å².